The SMILES string of the molecule is CC(C)(N)c1cn(-c2cc(F)ccc2Cl)nn1. The van der Waals surface area contributed by atoms with Crippen molar-refractivity contribution in [1.29, 1.82) is 0 Å². The Hall–Kier alpha value is -1.46. The van der Waals surface area contributed by atoms with Gasteiger partial charge in [0.05, 0.1) is 22.4 Å². The summed E-state index contributed by atoms with van der Waals surface area (Å²) >= 11 is 5.97. The van der Waals surface area contributed by atoms with Gasteiger partial charge in [-0.1, -0.05) is 16.8 Å². The van der Waals surface area contributed by atoms with Crippen molar-refractivity contribution in [1.82, 2.24) is 15.0 Å². The summed E-state index contributed by atoms with van der Waals surface area (Å²) in [4.78, 5) is 0. The maximum Gasteiger partial charge on any atom is 0.125 e. The largest absolute Gasteiger partial charge is 0.320 e. The van der Waals surface area contributed by atoms with Gasteiger partial charge < -0.3 is 5.73 Å². The first-order valence-electron chi connectivity index (χ1n) is 5.05. The Morgan fingerprint density at radius 1 is 1.41 bits per heavy atom. The van der Waals surface area contributed by atoms with Crippen LogP contribution in [0.5, 0.6) is 0 Å². The fourth-order valence-electron chi connectivity index (χ4n) is 1.34. The van der Waals surface area contributed by atoms with Gasteiger partial charge in [-0.2, -0.15) is 0 Å². The zero-order valence-corrected chi connectivity index (χ0v) is 10.2. The molecule has 1 aromatic carbocycles. The minimum absolute atomic E-state index is 0.381. The number of aromatic nitrogens is 3. The lowest BCUT2D eigenvalue weighted by atomic mass is 10.0. The number of nitrogens with two attached hydrogens (primary N) is 1. The lowest BCUT2D eigenvalue weighted by Crippen LogP contribution is -2.29. The molecule has 2 rings (SSSR count). The number of nitrogens with zero attached hydrogens (tertiary/aromatic N) is 3. The van der Waals surface area contributed by atoms with Crippen molar-refractivity contribution in [2.45, 2.75) is 19.4 Å². The molecule has 2 N–H and O–H groups in total. The Morgan fingerprint density at radius 3 is 2.71 bits per heavy atom. The highest BCUT2D eigenvalue weighted by molar-refractivity contribution is 6.32. The second kappa shape index (κ2) is 4.09. The molecule has 0 saturated heterocycles. The Kier molecular flexibility index (Phi) is 2.89. The van der Waals surface area contributed by atoms with Crippen molar-refractivity contribution in [3.63, 3.8) is 0 Å². The topological polar surface area (TPSA) is 56.7 Å². The lowest BCUT2D eigenvalue weighted by Gasteiger charge is -2.13. The third-order valence-electron chi connectivity index (χ3n) is 2.31. The van der Waals surface area contributed by atoms with Crippen LogP contribution in [0.25, 0.3) is 5.69 Å². The van der Waals surface area contributed by atoms with Gasteiger partial charge in [-0.05, 0) is 26.0 Å². The molecule has 0 atom stereocenters. The monoisotopic (exact) mass is 254 g/mol. The van der Waals surface area contributed by atoms with Gasteiger partial charge in [-0.25, -0.2) is 9.07 Å². The second-order valence-electron chi connectivity index (χ2n) is 4.37. The molecule has 0 saturated carbocycles. The van der Waals surface area contributed by atoms with E-state index >= 15 is 0 Å². The summed E-state index contributed by atoms with van der Waals surface area (Å²) in [6, 6.07) is 4.06. The van der Waals surface area contributed by atoms with Crippen molar-refractivity contribution in [2.75, 3.05) is 0 Å². The molecule has 2 aromatic rings. The highest BCUT2D eigenvalue weighted by Crippen LogP contribution is 2.22. The van der Waals surface area contributed by atoms with E-state index in [4.69, 9.17) is 17.3 Å². The molecule has 90 valence electrons. The molecule has 0 bridgehead atoms. The third kappa shape index (κ3) is 2.45. The van der Waals surface area contributed by atoms with Crippen molar-refractivity contribution in [3.05, 3.63) is 40.9 Å². The maximum atomic E-state index is 13.1. The van der Waals surface area contributed by atoms with E-state index in [-0.39, 0.29) is 5.82 Å². The Labute approximate surface area is 103 Å². The third-order valence-corrected chi connectivity index (χ3v) is 2.63. The highest BCUT2D eigenvalue weighted by Gasteiger charge is 2.19. The van der Waals surface area contributed by atoms with E-state index in [1.54, 1.807) is 6.20 Å². The zero-order valence-electron chi connectivity index (χ0n) is 9.48. The molecule has 0 spiro atoms. The van der Waals surface area contributed by atoms with E-state index in [1.165, 1.54) is 22.9 Å². The molecule has 0 fully saturated rings. The quantitative estimate of drug-likeness (QED) is 0.894. The Bertz CT molecular complexity index is 545. The fourth-order valence-corrected chi connectivity index (χ4v) is 1.54. The molecule has 0 aliphatic heterocycles. The zero-order chi connectivity index (χ0) is 12.6. The van der Waals surface area contributed by atoms with Crippen LogP contribution in [0.4, 0.5) is 4.39 Å². The van der Waals surface area contributed by atoms with Crippen LogP contribution in [-0.4, -0.2) is 15.0 Å². The molecule has 4 nitrogen and oxygen atoms in total. The molecular weight excluding hydrogens is 243 g/mol. The normalized spacial score (nSPS) is 11.8. The molecular formula is C11H12ClFN4. The van der Waals surface area contributed by atoms with Crippen LogP contribution >= 0.6 is 11.6 Å². The first kappa shape index (κ1) is 12.0. The van der Waals surface area contributed by atoms with Gasteiger partial charge in [0.15, 0.2) is 0 Å². The van der Waals surface area contributed by atoms with E-state index in [0.717, 1.165) is 0 Å². The van der Waals surface area contributed by atoms with Gasteiger partial charge in [0.25, 0.3) is 0 Å². The van der Waals surface area contributed by atoms with Crippen LogP contribution in [0.3, 0.4) is 0 Å². The molecule has 1 heterocycles. The van der Waals surface area contributed by atoms with Crippen LogP contribution in [-0.2, 0) is 5.54 Å². The average Bonchev–Trinajstić information content (AvgIpc) is 2.70. The van der Waals surface area contributed by atoms with E-state index in [2.05, 4.69) is 10.3 Å². The minimum atomic E-state index is -0.599. The summed E-state index contributed by atoms with van der Waals surface area (Å²) in [6.45, 7) is 3.63. The van der Waals surface area contributed by atoms with Crippen molar-refractivity contribution in [2.24, 2.45) is 5.73 Å². The summed E-state index contributed by atoms with van der Waals surface area (Å²) in [6.07, 6.45) is 1.64. The number of hydrogen-bond acceptors (Lipinski definition) is 3. The van der Waals surface area contributed by atoms with Gasteiger partial charge in [0.2, 0.25) is 0 Å². The van der Waals surface area contributed by atoms with Crippen molar-refractivity contribution >= 4 is 11.6 Å². The second-order valence-corrected chi connectivity index (χ2v) is 4.77. The van der Waals surface area contributed by atoms with E-state index in [9.17, 15) is 4.39 Å². The maximum absolute atomic E-state index is 13.1. The molecule has 0 unspecified atom stereocenters. The predicted octanol–water partition coefficient (Wildman–Crippen LogP) is 2.25. The van der Waals surface area contributed by atoms with Gasteiger partial charge in [-0.15, -0.1) is 5.10 Å². The van der Waals surface area contributed by atoms with E-state index in [0.29, 0.717) is 16.4 Å². The van der Waals surface area contributed by atoms with Crippen LogP contribution < -0.4 is 5.73 Å². The van der Waals surface area contributed by atoms with E-state index < -0.39 is 5.54 Å². The lowest BCUT2D eigenvalue weighted by molar-refractivity contribution is 0.533. The van der Waals surface area contributed by atoms with Crippen molar-refractivity contribution in [3.8, 4) is 5.69 Å². The number of hydrogen-bond donors (Lipinski definition) is 1. The first-order valence-corrected chi connectivity index (χ1v) is 5.43. The molecule has 17 heavy (non-hydrogen) atoms. The summed E-state index contributed by atoms with van der Waals surface area (Å²) in [5.74, 6) is -0.381. The summed E-state index contributed by atoms with van der Waals surface area (Å²) in [5.41, 5.74) is 6.34. The van der Waals surface area contributed by atoms with Crippen LogP contribution in [0.15, 0.2) is 24.4 Å². The molecule has 0 amide bonds. The number of halogens is 2. The molecule has 0 aliphatic carbocycles. The Morgan fingerprint density at radius 2 is 2.12 bits per heavy atom. The van der Waals surface area contributed by atoms with Crippen LogP contribution in [0.1, 0.15) is 19.5 Å². The van der Waals surface area contributed by atoms with Crippen LogP contribution in [0.2, 0.25) is 5.02 Å². The average molecular weight is 255 g/mol. The van der Waals surface area contributed by atoms with Gasteiger partial charge >= 0.3 is 0 Å². The number of rotatable bonds is 2. The van der Waals surface area contributed by atoms with E-state index in [1.807, 2.05) is 13.8 Å². The fraction of sp³-hybridized carbons (Fsp3) is 0.273. The van der Waals surface area contributed by atoms with Gasteiger partial charge in [0.1, 0.15) is 11.5 Å². The summed E-state index contributed by atoms with van der Waals surface area (Å²) in [5, 5.41) is 8.23. The van der Waals surface area contributed by atoms with Gasteiger partial charge in [0, 0.05) is 6.07 Å². The Balaban J connectivity index is 2.47. The summed E-state index contributed by atoms with van der Waals surface area (Å²) < 4.78 is 14.5. The van der Waals surface area contributed by atoms with Crippen molar-refractivity contribution < 1.29 is 4.39 Å². The molecule has 1 aromatic heterocycles. The minimum Gasteiger partial charge on any atom is -0.320 e. The molecule has 6 heteroatoms. The predicted molar refractivity (Wildman–Crippen MR) is 63.5 cm³/mol. The first-order chi connectivity index (χ1) is 7.88. The smallest absolute Gasteiger partial charge is 0.125 e. The summed E-state index contributed by atoms with van der Waals surface area (Å²) in [7, 11) is 0. The van der Waals surface area contributed by atoms with Gasteiger partial charge in [-0.3, -0.25) is 0 Å². The van der Waals surface area contributed by atoms with Crippen LogP contribution in [0, 0.1) is 5.82 Å². The molecule has 0 aliphatic rings. The standard InChI is InChI=1S/C11H12ClFN4/c1-11(2,14)10-6-17(16-15-10)9-5-7(13)3-4-8(9)12/h3-6H,14H2,1-2H3. The number of benzene rings is 1. The molecule has 0 radical (unpaired) electrons. The highest BCUT2D eigenvalue weighted by atomic mass is 35.5.